The number of hydrogen-bond acceptors (Lipinski definition) is 2. The minimum Gasteiger partial charge on any atom is -0.346 e. The van der Waals surface area contributed by atoms with Crippen molar-refractivity contribution in [3.8, 4) is 0 Å². The van der Waals surface area contributed by atoms with Crippen LogP contribution in [0, 0.1) is 13.8 Å². The molecular formula is C17H19Cl2N3O. The van der Waals surface area contributed by atoms with E-state index in [0.717, 1.165) is 22.5 Å². The maximum Gasteiger partial charge on any atom is 0.244 e. The molecule has 23 heavy (non-hydrogen) atoms. The van der Waals surface area contributed by atoms with E-state index in [9.17, 15) is 4.79 Å². The molecule has 1 amide bonds. The summed E-state index contributed by atoms with van der Waals surface area (Å²) in [6, 6.07) is 5.02. The van der Waals surface area contributed by atoms with Crippen molar-refractivity contribution in [1.29, 1.82) is 0 Å². The van der Waals surface area contributed by atoms with Crippen LogP contribution < -0.4 is 5.32 Å². The molecule has 0 aliphatic carbocycles. The van der Waals surface area contributed by atoms with Crippen molar-refractivity contribution in [2.24, 2.45) is 7.05 Å². The SMILES string of the molecule is Cc1nn(C)c(C)c1/C=C/C(=O)N[C@H](C)c1ccc(Cl)cc1Cl. The van der Waals surface area contributed by atoms with E-state index in [-0.39, 0.29) is 11.9 Å². The highest BCUT2D eigenvalue weighted by atomic mass is 35.5. The summed E-state index contributed by atoms with van der Waals surface area (Å²) in [6.45, 7) is 5.76. The summed E-state index contributed by atoms with van der Waals surface area (Å²) in [4.78, 5) is 12.1. The first-order valence-corrected chi connectivity index (χ1v) is 7.99. The van der Waals surface area contributed by atoms with E-state index in [1.54, 1.807) is 22.9 Å². The van der Waals surface area contributed by atoms with Gasteiger partial charge in [-0.25, -0.2) is 0 Å². The lowest BCUT2D eigenvalue weighted by molar-refractivity contribution is -0.117. The van der Waals surface area contributed by atoms with Crippen molar-refractivity contribution in [3.05, 3.63) is 56.8 Å². The normalized spacial score (nSPS) is 12.6. The first kappa shape index (κ1) is 17.6. The molecule has 0 aliphatic heterocycles. The molecule has 2 aromatic rings. The van der Waals surface area contributed by atoms with Crippen LogP contribution in [0.5, 0.6) is 0 Å². The van der Waals surface area contributed by atoms with Crippen molar-refractivity contribution in [2.75, 3.05) is 0 Å². The summed E-state index contributed by atoms with van der Waals surface area (Å²) < 4.78 is 1.79. The number of hydrogen-bond donors (Lipinski definition) is 1. The molecule has 4 nitrogen and oxygen atoms in total. The quantitative estimate of drug-likeness (QED) is 0.837. The summed E-state index contributed by atoms with van der Waals surface area (Å²) in [6.07, 6.45) is 3.29. The van der Waals surface area contributed by atoms with E-state index in [1.807, 2.05) is 33.9 Å². The number of carbonyl (C=O) groups is 1. The largest absolute Gasteiger partial charge is 0.346 e. The lowest BCUT2D eigenvalue weighted by Crippen LogP contribution is -2.24. The van der Waals surface area contributed by atoms with Gasteiger partial charge in [-0.3, -0.25) is 9.48 Å². The average molecular weight is 352 g/mol. The van der Waals surface area contributed by atoms with Gasteiger partial charge in [0.15, 0.2) is 0 Å². The minimum atomic E-state index is -0.215. The summed E-state index contributed by atoms with van der Waals surface area (Å²) in [7, 11) is 1.88. The van der Waals surface area contributed by atoms with Crippen LogP contribution in [0.4, 0.5) is 0 Å². The Bertz CT molecular complexity index is 765. The number of benzene rings is 1. The first-order chi connectivity index (χ1) is 10.8. The van der Waals surface area contributed by atoms with Gasteiger partial charge in [0.25, 0.3) is 0 Å². The van der Waals surface area contributed by atoms with Crippen LogP contribution in [-0.4, -0.2) is 15.7 Å². The fourth-order valence-corrected chi connectivity index (χ4v) is 2.95. The number of aromatic nitrogens is 2. The highest BCUT2D eigenvalue weighted by Crippen LogP contribution is 2.26. The zero-order valence-electron chi connectivity index (χ0n) is 13.5. The Morgan fingerprint density at radius 3 is 2.61 bits per heavy atom. The molecule has 1 atom stereocenters. The predicted molar refractivity (Wildman–Crippen MR) is 94.7 cm³/mol. The van der Waals surface area contributed by atoms with Crippen LogP contribution in [0.3, 0.4) is 0 Å². The lowest BCUT2D eigenvalue weighted by atomic mass is 10.1. The van der Waals surface area contributed by atoms with Gasteiger partial charge in [0, 0.05) is 34.4 Å². The van der Waals surface area contributed by atoms with Crippen LogP contribution in [0.15, 0.2) is 24.3 Å². The summed E-state index contributed by atoms with van der Waals surface area (Å²) >= 11 is 12.0. The summed E-state index contributed by atoms with van der Waals surface area (Å²) in [5.41, 5.74) is 3.69. The second-order valence-corrected chi connectivity index (χ2v) is 6.28. The van der Waals surface area contributed by atoms with Gasteiger partial charge >= 0.3 is 0 Å². The standard InChI is InChI=1S/C17H19Cl2N3O/c1-10(15-6-5-13(18)9-16(15)19)20-17(23)8-7-14-11(2)21-22(4)12(14)3/h5-10H,1-4H3,(H,20,23)/b8-7+/t10-/m1/s1. The number of rotatable bonds is 4. The van der Waals surface area contributed by atoms with E-state index in [4.69, 9.17) is 23.2 Å². The molecule has 122 valence electrons. The van der Waals surface area contributed by atoms with Crippen LogP contribution in [0.25, 0.3) is 6.08 Å². The average Bonchev–Trinajstić information content (AvgIpc) is 2.70. The Labute approximate surface area is 146 Å². The van der Waals surface area contributed by atoms with Crippen molar-refractivity contribution < 1.29 is 4.79 Å². The predicted octanol–water partition coefficient (Wildman–Crippen LogP) is 4.23. The third kappa shape index (κ3) is 4.15. The highest BCUT2D eigenvalue weighted by molar-refractivity contribution is 6.35. The first-order valence-electron chi connectivity index (χ1n) is 7.23. The Balaban J connectivity index is 2.08. The molecule has 0 saturated carbocycles. The van der Waals surface area contributed by atoms with Crippen LogP contribution in [0.2, 0.25) is 10.0 Å². The van der Waals surface area contributed by atoms with Crippen molar-refractivity contribution in [3.63, 3.8) is 0 Å². The Morgan fingerprint density at radius 1 is 1.35 bits per heavy atom. The molecule has 1 aromatic heterocycles. The maximum absolute atomic E-state index is 12.1. The molecule has 6 heteroatoms. The van der Waals surface area contributed by atoms with E-state index < -0.39 is 0 Å². The van der Waals surface area contributed by atoms with Crippen LogP contribution in [-0.2, 0) is 11.8 Å². The van der Waals surface area contributed by atoms with Crippen molar-refractivity contribution in [1.82, 2.24) is 15.1 Å². The molecule has 0 spiro atoms. The highest BCUT2D eigenvalue weighted by Gasteiger charge is 2.12. The fourth-order valence-electron chi connectivity index (χ4n) is 2.38. The molecular weight excluding hydrogens is 333 g/mol. The van der Waals surface area contributed by atoms with Gasteiger partial charge in [-0.15, -0.1) is 0 Å². The molecule has 0 bridgehead atoms. The number of nitrogens with one attached hydrogen (secondary N) is 1. The second-order valence-electron chi connectivity index (χ2n) is 5.44. The Kier molecular flexibility index (Phi) is 5.50. The summed E-state index contributed by atoms with van der Waals surface area (Å²) in [5.74, 6) is -0.189. The van der Waals surface area contributed by atoms with E-state index in [1.165, 1.54) is 6.08 Å². The fraction of sp³-hybridized carbons (Fsp3) is 0.294. The van der Waals surface area contributed by atoms with E-state index in [2.05, 4.69) is 10.4 Å². The van der Waals surface area contributed by atoms with Gasteiger partial charge in [-0.2, -0.15) is 5.10 Å². The zero-order chi connectivity index (χ0) is 17.1. The lowest BCUT2D eigenvalue weighted by Gasteiger charge is -2.14. The number of aryl methyl sites for hydroxylation is 2. The van der Waals surface area contributed by atoms with Gasteiger partial charge in [-0.1, -0.05) is 29.3 Å². The van der Waals surface area contributed by atoms with Crippen LogP contribution >= 0.6 is 23.2 Å². The molecule has 0 radical (unpaired) electrons. The van der Waals surface area contributed by atoms with Crippen molar-refractivity contribution in [2.45, 2.75) is 26.8 Å². The van der Waals surface area contributed by atoms with Gasteiger partial charge in [0.1, 0.15) is 0 Å². The number of halogens is 2. The van der Waals surface area contributed by atoms with E-state index >= 15 is 0 Å². The molecule has 0 aliphatic rings. The van der Waals surface area contributed by atoms with Gasteiger partial charge in [0.2, 0.25) is 5.91 Å². The third-order valence-electron chi connectivity index (χ3n) is 3.75. The van der Waals surface area contributed by atoms with Crippen molar-refractivity contribution >= 4 is 35.2 Å². The van der Waals surface area contributed by atoms with E-state index in [0.29, 0.717) is 10.0 Å². The molecule has 0 unspecified atom stereocenters. The molecule has 2 rings (SSSR count). The Morgan fingerprint density at radius 2 is 2.04 bits per heavy atom. The topological polar surface area (TPSA) is 46.9 Å². The monoisotopic (exact) mass is 351 g/mol. The van der Waals surface area contributed by atoms with Gasteiger partial charge in [-0.05, 0) is 44.5 Å². The molecule has 0 saturated heterocycles. The van der Waals surface area contributed by atoms with Gasteiger partial charge in [0.05, 0.1) is 11.7 Å². The second kappa shape index (κ2) is 7.20. The molecule has 0 fully saturated rings. The molecule has 1 aromatic carbocycles. The number of carbonyl (C=O) groups excluding carboxylic acids is 1. The number of nitrogens with zero attached hydrogens (tertiary/aromatic N) is 2. The summed E-state index contributed by atoms with van der Waals surface area (Å²) in [5, 5.41) is 8.32. The number of amides is 1. The molecule has 1 N–H and O–H groups in total. The van der Waals surface area contributed by atoms with Crippen LogP contribution in [0.1, 0.15) is 35.5 Å². The minimum absolute atomic E-state index is 0.189. The Hall–Kier alpha value is -1.78. The maximum atomic E-state index is 12.1. The van der Waals surface area contributed by atoms with Gasteiger partial charge < -0.3 is 5.32 Å². The smallest absolute Gasteiger partial charge is 0.244 e. The molecule has 1 heterocycles. The zero-order valence-corrected chi connectivity index (χ0v) is 15.0. The third-order valence-corrected chi connectivity index (χ3v) is 4.32.